The lowest BCUT2D eigenvalue weighted by atomic mass is 10.2. The highest BCUT2D eigenvalue weighted by atomic mass is 19.1. The van der Waals surface area contributed by atoms with Crippen LogP contribution >= 0.6 is 0 Å². The minimum Gasteiger partial charge on any atom is -0.394 e. The number of aliphatic hydroxyl groups excluding tert-OH is 1. The molecule has 1 aliphatic rings. The van der Waals surface area contributed by atoms with Crippen molar-refractivity contribution in [2.45, 2.75) is 18.6 Å². The van der Waals surface area contributed by atoms with Gasteiger partial charge in [0.15, 0.2) is 0 Å². The van der Waals surface area contributed by atoms with Gasteiger partial charge in [-0.15, -0.1) is 0 Å². The summed E-state index contributed by atoms with van der Waals surface area (Å²) in [6, 6.07) is 8.39. The number of fused-ring (bicyclic) bond motifs is 1. The van der Waals surface area contributed by atoms with Crippen LogP contribution in [0.5, 0.6) is 0 Å². The molecule has 1 aromatic heterocycles. The summed E-state index contributed by atoms with van der Waals surface area (Å²) in [5, 5.41) is 10.4. The van der Waals surface area contributed by atoms with Gasteiger partial charge in [0.25, 0.3) is 0 Å². The van der Waals surface area contributed by atoms with Crippen LogP contribution in [-0.4, -0.2) is 42.5 Å². The zero-order valence-electron chi connectivity index (χ0n) is 11.3. The fourth-order valence-electron chi connectivity index (χ4n) is 2.74. The van der Waals surface area contributed by atoms with Crippen LogP contribution in [0.2, 0.25) is 0 Å². The van der Waals surface area contributed by atoms with E-state index in [9.17, 15) is 9.50 Å². The van der Waals surface area contributed by atoms with E-state index in [1.807, 2.05) is 17.0 Å². The normalized spacial score (nSPS) is 22.6. The Morgan fingerprint density at radius 1 is 1.40 bits per heavy atom. The van der Waals surface area contributed by atoms with Crippen molar-refractivity contribution in [2.75, 3.05) is 25.2 Å². The Morgan fingerprint density at radius 2 is 2.20 bits per heavy atom. The van der Waals surface area contributed by atoms with E-state index in [0.717, 1.165) is 17.6 Å². The van der Waals surface area contributed by atoms with E-state index in [2.05, 4.69) is 4.98 Å². The van der Waals surface area contributed by atoms with Crippen molar-refractivity contribution in [1.82, 2.24) is 4.98 Å². The van der Waals surface area contributed by atoms with Crippen LogP contribution in [0.15, 0.2) is 30.3 Å². The molecule has 0 radical (unpaired) electrons. The Morgan fingerprint density at radius 3 is 2.95 bits per heavy atom. The van der Waals surface area contributed by atoms with Crippen LogP contribution in [0.3, 0.4) is 0 Å². The maximum atomic E-state index is 13.3. The number of anilines is 1. The van der Waals surface area contributed by atoms with Crippen molar-refractivity contribution >= 4 is 16.7 Å². The molecule has 106 valence electrons. The molecule has 0 spiro atoms. The molecule has 1 aliphatic heterocycles. The number of methoxy groups -OCH3 is 1. The molecular formula is C15H17FN2O2. The number of hydrogen-bond acceptors (Lipinski definition) is 4. The maximum Gasteiger partial charge on any atom is 0.129 e. The van der Waals surface area contributed by atoms with Gasteiger partial charge in [-0.2, -0.15) is 0 Å². The lowest BCUT2D eigenvalue weighted by Gasteiger charge is -2.24. The number of halogens is 1. The maximum absolute atomic E-state index is 13.3. The van der Waals surface area contributed by atoms with E-state index < -0.39 is 0 Å². The second-order valence-corrected chi connectivity index (χ2v) is 5.09. The van der Waals surface area contributed by atoms with Crippen LogP contribution in [0.4, 0.5) is 10.2 Å². The van der Waals surface area contributed by atoms with Gasteiger partial charge in [-0.1, -0.05) is 0 Å². The van der Waals surface area contributed by atoms with Gasteiger partial charge in [-0.3, -0.25) is 0 Å². The van der Waals surface area contributed by atoms with Gasteiger partial charge in [0.05, 0.1) is 24.3 Å². The molecule has 0 saturated carbocycles. The average Bonchev–Trinajstić information content (AvgIpc) is 2.89. The Labute approximate surface area is 116 Å². The van der Waals surface area contributed by atoms with Crippen molar-refractivity contribution in [3.8, 4) is 0 Å². The molecule has 5 heteroatoms. The van der Waals surface area contributed by atoms with Crippen molar-refractivity contribution < 1.29 is 14.2 Å². The third-order valence-corrected chi connectivity index (χ3v) is 3.85. The van der Waals surface area contributed by atoms with Crippen molar-refractivity contribution in [3.63, 3.8) is 0 Å². The minimum atomic E-state index is -0.294. The Bertz CT molecular complexity index is 620. The average molecular weight is 276 g/mol. The zero-order chi connectivity index (χ0) is 14.1. The number of ether oxygens (including phenoxy) is 1. The third-order valence-electron chi connectivity index (χ3n) is 3.85. The molecule has 0 bridgehead atoms. The molecule has 4 nitrogen and oxygen atoms in total. The Hall–Kier alpha value is -1.72. The first-order valence-electron chi connectivity index (χ1n) is 6.68. The number of aromatic nitrogens is 1. The highest BCUT2D eigenvalue weighted by Crippen LogP contribution is 2.27. The van der Waals surface area contributed by atoms with E-state index in [0.29, 0.717) is 12.1 Å². The predicted octanol–water partition coefficient (Wildman–Crippen LogP) is 1.96. The van der Waals surface area contributed by atoms with E-state index in [-0.39, 0.29) is 24.6 Å². The van der Waals surface area contributed by atoms with Crippen molar-refractivity contribution in [2.24, 2.45) is 0 Å². The monoisotopic (exact) mass is 276 g/mol. The van der Waals surface area contributed by atoms with E-state index in [4.69, 9.17) is 4.74 Å². The number of benzene rings is 1. The SMILES string of the molecule is CO[C@@H]1C[C@@H](CO)N(c2ccc3ccc(F)cc3n2)C1. The molecule has 2 heterocycles. The fourth-order valence-corrected chi connectivity index (χ4v) is 2.74. The first-order chi connectivity index (χ1) is 9.71. The molecule has 2 aromatic rings. The van der Waals surface area contributed by atoms with Gasteiger partial charge in [0, 0.05) is 25.1 Å². The first-order valence-corrected chi connectivity index (χ1v) is 6.68. The molecule has 0 amide bonds. The summed E-state index contributed by atoms with van der Waals surface area (Å²) < 4.78 is 18.7. The second kappa shape index (κ2) is 5.34. The summed E-state index contributed by atoms with van der Waals surface area (Å²) in [7, 11) is 1.67. The molecular weight excluding hydrogens is 259 g/mol. The lowest BCUT2D eigenvalue weighted by molar-refractivity contribution is 0.115. The molecule has 1 saturated heterocycles. The minimum absolute atomic E-state index is 0.00143. The number of aliphatic hydroxyl groups is 1. The van der Waals surface area contributed by atoms with E-state index >= 15 is 0 Å². The summed E-state index contributed by atoms with van der Waals surface area (Å²) in [6.45, 7) is 0.748. The number of pyridine rings is 1. The van der Waals surface area contributed by atoms with Gasteiger partial charge >= 0.3 is 0 Å². The van der Waals surface area contributed by atoms with Crippen LogP contribution in [0, 0.1) is 5.82 Å². The van der Waals surface area contributed by atoms with E-state index in [1.54, 1.807) is 13.2 Å². The largest absolute Gasteiger partial charge is 0.394 e. The predicted molar refractivity (Wildman–Crippen MR) is 75.3 cm³/mol. The van der Waals surface area contributed by atoms with Crippen LogP contribution in [-0.2, 0) is 4.74 Å². The van der Waals surface area contributed by atoms with Crippen LogP contribution in [0.25, 0.3) is 10.9 Å². The summed E-state index contributed by atoms with van der Waals surface area (Å²) in [6.07, 6.45) is 0.868. The molecule has 1 fully saturated rings. The number of nitrogens with zero attached hydrogens (tertiary/aromatic N) is 2. The molecule has 1 aromatic carbocycles. The highest BCUT2D eigenvalue weighted by molar-refractivity contribution is 5.80. The van der Waals surface area contributed by atoms with Gasteiger partial charge in [0.1, 0.15) is 11.6 Å². The number of rotatable bonds is 3. The Balaban J connectivity index is 1.96. The highest BCUT2D eigenvalue weighted by Gasteiger charge is 2.32. The van der Waals surface area contributed by atoms with Crippen molar-refractivity contribution in [3.05, 3.63) is 36.1 Å². The summed E-state index contributed by atoms with van der Waals surface area (Å²) in [5.41, 5.74) is 0.625. The summed E-state index contributed by atoms with van der Waals surface area (Å²) in [4.78, 5) is 6.53. The topological polar surface area (TPSA) is 45.6 Å². The number of hydrogen-bond donors (Lipinski definition) is 1. The zero-order valence-corrected chi connectivity index (χ0v) is 11.3. The van der Waals surface area contributed by atoms with Crippen LogP contribution in [0.1, 0.15) is 6.42 Å². The van der Waals surface area contributed by atoms with Crippen molar-refractivity contribution in [1.29, 1.82) is 0 Å². The molecule has 20 heavy (non-hydrogen) atoms. The van der Waals surface area contributed by atoms with E-state index in [1.165, 1.54) is 12.1 Å². The Kier molecular flexibility index (Phi) is 3.54. The quantitative estimate of drug-likeness (QED) is 0.931. The molecule has 2 atom stereocenters. The molecule has 3 rings (SSSR count). The second-order valence-electron chi connectivity index (χ2n) is 5.09. The van der Waals surface area contributed by atoms with Gasteiger partial charge in [-0.05, 0) is 30.7 Å². The first kappa shape index (κ1) is 13.3. The summed E-state index contributed by atoms with van der Waals surface area (Å²) in [5.74, 6) is 0.457. The van der Waals surface area contributed by atoms with Crippen LogP contribution < -0.4 is 4.90 Å². The standard InChI is InChI=1S/C15H17FN2O2/c1-20-13-7-12(9-19)18(8-13)15-5-3-10-2-4-11(16)6-14(10)17-15/h2-6,12-13,19H,7-9H2,1H3/t12-,13+/m0/s1. The molecule has 1 N–H and O–H groups in total. The van der Waals surface area contributed by atoms with Gasteiger partial charge < -0.3 is 14.7 Å². The molecule has 0 unspecified atom stereocenters. The lowest BCUT2D eigenvalue weighted by Crippen LogP contribution is -2.33. The smallest absolute Gasteiger partial charge is 0.129 e. The summed E-state index contributed by atoms with van der Waals surface area (Å²) >= 11 is 0. The van der Waals surface area contributed by atoms with Gasteiger partial charge in [0.2, 0.25) is 0 Å². The molecule has 0 aliphatic carbocycles. The van der Waals surface area contributed by atoms with Gasteiger partial charge in [-0.25, -0.2) is 9.37 Å². The third kappa shape index (κ3) is 2.34. The fraction of sp³-hybridized carbons (Fsp3) is 0.400.